The molecule has 10 nitrogen and oxygen atoms in total. The normalized spacial score (nSPS) is 36.7. The number of aliphatic hydroxyl groups is 3. The summed E-state index contributed by atoms with van der Waals surface area (Å²) in [6, 6.07) is 13.6. The fourth-order valence-electron chi connectivity index (χ4n) is 10.7. The molecule has 3 N–H and O–H groups in total. The van der Waals surface area contributed by atoms with Crippen molar-refractivity contribution in [2.75, 3.05) is 6.61 Å². The average molecular weight is 775 g/mol. The number of carbonyl (C=O) groups is 2. The highest BCUT2D eigenvalue weighted by Crippen LogP contribution is 2.66. The number of hydrogen-bond donors (Lipinski definition) is 3. The summed E-state index contributed by atoms with van der Waals surface area (Å²) in [5.41, 5.74) is -4.27. The van der Waals surface area contributed by atoms with E-state index in [4.69, 9.17) is 23.1 Å². The van der Waals surface area contributed by atoms with E-state index in [1.54, 1.807) is 30.3 Å². The number of esters is 2. The molecule has 1 aliphatic heterocycles. The predicted octanol–water partition coefficient (Wildman–Crippen LogP) is 6.93. The second-order valence-corrected chi connectivity index (χ2v) is 26.5. The lowest BCUT2D eigenvalue weighted by Crippen LogP contribution is -2.83. The molecule has 2 bridgehead atoms. The van der Waals surface area contributed by atoms with Crippen molar-refractivity contribution in [2.45, 2.75) is 173 Å². The minimum Gasteiger partial charge on any atom is -0.455 e. The molecule has 3 fully saturated rings. The first-order valence-corrected chi connectivity index (χ1v) is 25.1. The molecule has 1 saturated heterocycles. The van der Waals surface area contributed by atoms with Gasteiger partial charge in [-0.25, -0.2) is 4.79 Å². The smallest absolute Gasteiger partial charge is 0.338 e. The van der Waals surface area contributed by atoms with Crippen LogP contribution >= 0.6 is 0 Å². The van der Waals surface area contributed by atoms with Crippen molar-refractivity contribution < 1.29 is 48.0 Å². The number of benzene rings is 1. The second-order valence-electron chi connectivity index (χ2n) is 17.1. The number of rotatable bonds is 13. The van der Waals surface area contributed by atoms with Crippen LogP contribution in [0.3, 0.4) is 0 Å². The highest BCUT2D eigenvalue weighted by molar-refractivity contribution is 6.74. The molecule has 1 unspecified atom stereocenters. The Morgan fingerprint density at radius 1 is 0.887 bits per heavy atom. The van der Waals surface area contributed by atoms with E-state index in [9.17, 15) is 24.9 Å². The topological polar surface area (TPSA) is 141 Å². The first kappa shape index (κ1) is 42.2. The van der Waals surface area contributed by atoms with Crippen LogP contribution in [0.2, 0.25) is 36.3 Å². The first-order chi connectivity index (χ1) is 24.9. The van der Waals surface area contributed by atoms with Gasteiger partial charge in [-0.3, -0.25) is 4.79 Å². The van der Waals surface area contributed by atoms with E-state index in [1.807, 2.05) is 27.7 Å². The number of hydrogen-bond acceptors (Lipinski definition) is 10. The van der Waals surface area contributed by atoms with Crippen molar-refractivity contribution in [3.8, 4) is 0 Å². The second kappa shape index (κ2) is 15.2. The summed E-state index contributed by atoms with van der Waals surface area (Å²) >= 11 is 0. The quantitative estimate of drug-likeness (QED) is 0.110. The Kier molecular flexibility index (Phi) is 12.1. The van der Waals surface area contributed by atoms with Gasteiger partial charge in [0.2, 0.25) is 0 Å². The summed E-state index contributed by atoms with van der Waals surface area (Å²) in [6.45, 7) is 21.8. The van der Waals surface area contributed by atoms with Crippen molar-refractivity contribution in [3.63, 3.8) is 0 Å². The summed E-state index contributed by atoms with van der Waals surface area (Å²) in [7, 11) is -4.89. The molecule has 0 amide bonds. The van der Waals surface area contributed by atoms with Crippen molar-refractivity contribution in [1.82, 2.24) is 0 Å². The molecule has 2 saturated carbocycles. The van der Waals surface area contributed by atoms with Crippen LogP contribution < -0.4 is 0 Å². The van der Waals surface area contributed by atoms with Crippen molar-refractivity contribution in [3.05, 3.63) is 47.0 Å². The number of carbonyl (C=O) groups excluding carboxylic acids is 2. The van der Waals surface area contributed by atoms with Crippen molar-refractivity contribution >= 4 is 28.6 Å². The highest BCUT2D eigenvalue weighted by atomic mass is 28.4. The number of fused-ring (bicyclic) bond motifs is 5. The van der Waals surface area contributed by atoms with Crippen molar-refractivity contribution in [1.29, 1.82) is 0 Å². The molecular formula is C41H66O10Si2. The van der Waals surface area contributed by atoms with Gasteiger partial charge in [-0.2, -0.15) is 0 Å². The van der Waals surface area contributed by atoms with Gasteiger partial charge in [0.25, 0.3) is 0 Å². The molecule has 3 aliphatic carbocycles. The van der Waals surface area contributed by atoms with E-state index in [1.165, 1.54) is 6.92 Å². The maximum absolute atomic E-state index is 14.3. The molecule has 0 aromatic heterocycles. The summed E-state index contributed by atoms with van der Waals surface area (Å²) in [5.74, 6) is -2.24. The van der Waals surface area contributed by atoms with E-state index >= 15 is 0 Å². The molecule has 1 aromatic carbocycles. The van der Waals surface area contributed by atoms with Crippen LogP contribution in [0.4, 0.5) is 0 Å². The van der Waals surface area contributed by atoms with Gasteiger partial charge in [0.1, 0.15) is 17.8 Å². The van der Waals surface area contributed by atoms with E-state index in [0.29, 0.717) is 17.6 Å². The standard InChI is InChI=1S/C41H66O10Si2/c1-12-52(13-2,14-3)50-30-23-31-40(25-47-31,49-27(8)42)34-36(48-37(45)28-21-19-18-20-22-28)41(46)24-29(43)26(7)32(38(41,9)10)33(35(44)39(30,34)11)51-53(15-4,16-5)17-6/h18-22,29-31,33-36,43-44,46H,12-17,23-25H2,1-11H3/t29-,30-,31+,33+,34?,35+,36-,39+,40-,41+/m0/s1. The number of ether oxygens (including phenoxy) is 3. The van der Waals surface area contributed by atoms with Gasteiger partial charge in [0.15, 0.2) is 22.2 Å². The zero-order valence-corrected chi connectivity index (χ0v) is 36.0. The fraction of sp³-hybridized carbons (Fsp3) is 0.756. The molecule has 5 rings (SSSR count). The van der Waals surface area contributed by atoms with E-state index in [0.717, 1.165) is 36.3 Å². The van der Waals surface area contributed by atoms with Gasteiger partial charge in [-0.1, -0.05) is 80.5 Å². The molecule has 53 heavy (non-hydrogen) atoms. The fourth-order valence-corrected chi connectivity index (χ4v) is 16.4. The Bertz CT molecular complexity index is 1510. The largest absolute Gasteiger partial charge is 0.455 e. The molecule has 4 aliphatic rings. The van der Waals surface area contributed by atoms with Crippen LogP contribution in [0.5, 0.6) is 0 Å². The number of aliphatic hydroxyl groups excluding tert-OH is 2. The van der Waals surface area contributed by atoms with Crippen LogP contribution in [-0.2, 0) is 27.9 Å². The van der Waals surface area contributed by atoms with Gasteiger partial charge in [-0.15, -0.1) is 0 Å². The Morgan fingerprint density at radius 3 is 1.92 bits per heavy atom. The monoisotopic (exact) mass is 774 g/mol. The minimum atomic E-state index is -2.49. The minimum absolute atomic E-state index is 0.0158. The summed E-state index contributed by atoms with van der Waals surface area (Å²) in [5, 5.41) is 39.1. The molecule has 1 aromatic rings. The van der Waals surface area contributed by atoms with E-state index in [2.05, 4.69) is 41.5 Å². The molecular weight excluding hydrogens is 709 g/mol. The zero-order chi connectivity index (χ0) is 39.4. The highest BCUT2D eigenvalue weighted by Gasteiger charge is 2.78. The summed E-state index contributed by atoms with van der Waals surface area (Å²) < 4.78 is 34.2. The Balaban J connectivity index is 1.90. The Labute approximate surface area is 319 Å². The van der Waals surface area contributed by atoms with Gasteiger partial charge in [0, 0.05) is 30.6 Å². The van der Waals surface area contributed by atoms with Crippen LogP contribution in [-0.4, -0.2) is 98.3 Å². The van der Waals surface area contributed by atoms with Gasteiger partial charge in [-0.05, 0) is 66.5 Å². The lowest BCUT2D eigenvalue weighted by molar-refractivity contribution is -0.363. The molecule has 298 valence electrons. The Morgan fingerprint density at radius 2 is 1.43 bits per heavy atom. The van der Waals surface area contributed by atoms with Crippen LogP contribution in [0.15, 0.2) is 41.5 Å². The maximum atomic E-state index is 14.3. The maximum Gasteiger partial charge on any atom is 0.338 e. The van der Waals surface area contributed by atoms with E-state index in [-0.39, 0.29) is 18.6 Å². The Hall–Kier alpha value is -1.91. The first-order valence-electron chi connectivity index (χ1n) is 20.1. The third-order valence-electron chi connectivity index (χ3n) is 14.8. The molecule has 0 radical (unpaired) electrons. The molecule has 12 heteroatoms. The van der Waals surface area contributed by atoms with Crippen LogP contribution in [0, 0.1) is 16.7 Å². The zero-order valence-electron chi connectivity index (χ0n) is 34.0. The lowest BCUT2D eigenvalue weighted by Gasteiger charge is -2.70. The predicted molar refractivity (Wildman–Crippen MR) is 208 cm³/mol. The molecule has 0 spiro atoms. The average Bonchev–Trinajstić information content (AvgIpc) is 3.13. The molecule has 10 atom stereocenters. The van der Waals surface area contributed by atoms with Crippen LogP contribution in [0.1, 0.15) is 99.4 Å². The summed E-state index contributed by atoms with van der Waals surface area (Å²) in [4.78, 5) is 27.5. The lowest BCUT2D eigenvalue weighted by atomic mass is 9.44. The van der Waals surface area contributed by atoms with E-state index < -0.39 is 93.1 Å². The van der Waals surface area contributed by atoms with Gasteiger partial charge >= 0.3 is 11.9 Å². The van der Waals surface area contributed by atoms with Crippen molar-refractivity contribution in [2.24, 2.45) is 16.7 Å². The van der Waals surface area contributed by atoms with Gasteiger partial charge in [0.05, 0.1) is 42.5 Å². The van der Waals surface area contributed by atoms with Crippen LogP contribution in [0.25, 0.3) is 0 Å². The van der Waals surface area contributed by atoms with Gasteiger partial charge < -0.3 is 38.4 Å². The SMILES string of the molecule is CC[Si](CC)(CC)O[C@@H]1C2=C(C)[C@@H](O)C[C@@](O)([C@@H](OC(=O)c3ccccc3)C3[C@@](C)([C@@H](O[Si](CC)(CC)CC)C[C@H]4OC[C@@]34OC(C)=O)[C@@H]1O)C2(C)C. The summed E-state index contributed by atoms with van der Waals surface area (Å²) in [6.07, 6.45) is -5.83. The molecule has 1 heterocycles. The third-order valence-corrected chi connectivity index (χ3v) is 24.0. The third kappa shape index (κ3) is 6.54.